The van der Waals surface area contributed by atoms with Crippen molar-refractivity contribution in [1.82, 2.24) is 9.97 Å². The third kappa shape index (κ3) is 4.34. The van der Waals surface area contributed by atoms with Crippen LogP contribution in [0, 0.1) is 12.8 Å². The van der Waals surface area contributed by atoms with Crippen molar-refractivity contribution < 1.29 is 4.74 Å². The zero-order valence-electron chi connectivity index (χ0n) is 12.8. The third-order valence-electron chi connectivity index (χ3n) is 3.74. The minimum atomic E-state index is 0.409. The number of hydrogen-bond donors (Lipinski definition) is 2. The average Bonchev–Trinajstić information content (AvgIpc) is 2.45. The largest absolute Gasteiger partial charge is 0.381 e. The van der Waals surface area contributed by atoms with Crippen molar-refractivity contribution in [3.8, 4) is 0 Å². The molecule has 0 amide bonds. The second-order valence-electron chi connectivity index (χ2n) is 5.53. The Bertz CT molecular complexity index is 418. The van der Waals surface area contributed by atoms with Crippen LogP contribution in [-0.4, -0.2) is 35.8 Å². The van der Waals surface area contributed by atoms with Crippen molar-refractivity contribution >= 4 is 11.8 Å². The first kappa shape index (κ1) is 15.0. The van der Waals surface area contributed by atoms with Gasteiger partial charge in [-0.3, -0.25) is 0 Å². The number of ether oxygens (including phenoxy) is 1. The van der Waals surface area contributed by atoms with Crippen molar-refractivity contribution in [2.75, 3.05) is 30.4 Å². The van der Waals surface area contributed by atoms with Crippen molar-refractivity contribution in [3.05, 3.63) is 11.8 Å². The summed E-state index contributed by atoms with van der Waals surface area (Å²) in [5, 5.41) is 6.77. The molecule has 1 aromatic rings. The van der Waals surface area contributed by atoms with Crippen LogP contribution in [0.15, 0.2) is 6.07 Å². The van der Waals surface area contributed by atoms with Gasteiger partial charge >= 0.3 is 0 Å². The van der Waals surface area contributed by atoms with Gasteiger partial charge in [0.2, 0.25) is 5.95 Å². The average molecular weight is 278 g/mol. The minimum absolute atomic E-state index is 0.409. The molecule has 1 aliphatic heterocycles. The first-order valence-corrected chi connectivity index (χ1v) is 7.63. The highest BCUT2D eigenvalue weighted by molar-refractivity contribution is 5.42. The van der Waals surface area contributed by atoms with Crippen molar-refractivity contribution in [3.63, 3.8) is 0 Å². The van der Waals surface area contributed by atoms with E-state index in [0.29, 0.717) is 17.9 Å². The Morgan fingerprint density at radius 2 is 2.10 bits per heavy atom. The Kier molecular flexibility index (Phi) is 5.59. The van der Waals surface area contributed by atoms with Gasteiger partial charge in [-0.1, -0.05) is 6.92 Å². The van der Waals surface area contributed by atoms with Gasteiger partial charge in [0.15, 0.2) is 0 Å². The molecular formula is C15H26N4O. The van der Waals surface area contributed by atoms with Crippen LogP contribution < -0.4 is 10.6 Å². The van der Waals surface area contributed by atoms with Crippen molar-refractivity contribution in [2.24, 2.45) is 5.92 Å². The first-order chi connectivity index (χ1) is 9.69. The van der Waals surface area contributed by atoms with Crippen LogP contribution >= 0.6 is 0 Å². The van der Waals surface area contributed by atoms with E-state index < -0.39 is 0 Å². The molecule has 2 rings (SSSR count). The van der Waals surface area contributed by atoms with Crippen LogP contribution in [0.1, 0.15) is 38.8 Å². The number of rotatable bonds is 6. The Morgan fingerprint density at radius 1 is 1.35 bits per heavy atom. The van der Waals surface area contributed by atoms with Gasteiger partial charge in [-0.05, 0) is 39.0 Å². The summed E-state index contributed by atoms with van der Waals surface area (Å²) in [6.07, 6.45) is 3.32. The highest BCUT2D eigenvalue weighted by Gasteiger charge is 2.20. The van der Waals surface area contributed by atoms with Crippen LogP contribution in [0.25, 0.3) is 0 Å². The number of aromatic nitrogens is 2. The monoisotopic (exact) mass is 278 g/mol. The van der Waals surface area contributed by atoms with Crippen molar-refractivity contribution in [2.45, 2.75) is 46.1 Å². The lowest BCUT2D eigenvalue weighted by molar-refractivity contribution is 0.0622. The van der Waals surface area contributed by atoms with Gasteiger partial charge < -0.3 is 15.4 Å². The van der Waals surface area contributed by atoms with Crippen LogP contribution in [0.3, 0.4) is 0 Å². The lowest BCUT2D eigenvalue weighted by Crippen LogP contribution is -2.31. The molecule has 1 aromatic heterocycles. The maximum Gasteiger partial charge on any atom is 0.224 e. The van der Waals surface area contributed by atoms with E-state index in [1.165, 1.54) is 0 Å². The molecule has 1 atom stereocenters. The molecule has 0 bridgehead atoms. The molecule has 112 valence electrons. The Balaban J connectivity index is 1.98. The van der Waals surface area contributed by atoms with Gasteiger partial charge in [0.25, 0.3) is 0 Å². The van der Waals surface area contributed by atoms with E-state index in [2.05, 4.69) is 34.4 Å². The van der Waals surface area contributed by atoms with Crippen molar-refractivity contribution in [1.29, 1.82) is 0 Å². The molecule has 2 heterocycles. The maximum absolute atomic E-state index is 5.42. The summed E-state index contributed by atoms with van der Waals surface area (Å²) < 4.78 is 5.42. The Morgan fingerprint density at radius 3 is 2.80 bits per heavy atom. The van der Waals surface area contributed by atoms with E-state index in [-0.39, 0.29) is 0 Å². The van der Waals surface area contributed by atoms with Crippen LogP contribution in [-0.2, 0) is 4.74 Å². The van der Waals surface area contributed by atoms with Gasteiger partial charge in [-0.15, -0.1) is 0 Å². The molecule has 0 spiro atoms. The fourth-order valence-corrected chi connectivity index (χ4v) is 2.53. The first-order valence-electron chi connectivity index (χ1n) is 7.63. The molecule has 0 saturated carbocycles. The van der Waals surface area contributed by atoms with Crippen LogP contribution in [0.2, 0.25) is 0 Å². The molecule has 0 radical (unpaired) electrons. The van der Waals surface area contributed by atoms with Gasteiger partial charge in [-0.25, -0.2) is 4.98 Å². The van der Waals surface area contributed by atoms with E-state index >= 15 is 0 Å². The van der Waals surface area contributed by atoms with Gasteiger partial charge in [0.1, 0.15) is 5.82 Å². The topological polar surface area (TPSA) is 59.1 Å². The molecule has 1 fully saturated rings. The molecule has 0 aromatic carbocycles. The van der Waals surface area contributed by atoms with Crippen LogP contribution in [0.5, 0.6) is 0 Å². The predicted molar refractivity (Wildman–Crippen MR) is 82.2 cm³/mol. The van der Waals surface area contributed by atoms with Gasteiger partial charge in [0.05, 0.1) is 0 Å². The molecule has 5 nitrogen and oxygen atoms in total. The summed E-state index contributed by atoms with van der Waals surface area (Å²) in [5.41, 5.74) is 0.986. The maximum atomic E-state index is 5.42. The molecule has 2 N–H and O–H groups in total. The smallest absolute Gasteiger partial charge is 0.224 e. The minimum Gasteiger partial charge on any atom is -0.381 e. The molecule has 0 aliphatic carbocycles. The highest BCUT2D eigenvalue weighted by atomic mass is 16.5. The lowest BCUT2D eigenvalue weighted by atomic mass is 9.93. The zero-order valence-corrected chi connectivity index (χ0v) is 12.8. The number of nitrogens with one attached hydrogen (secondary N) is 2. The standard InChI is InChI=1S/C15H26N4O/c1-4-7-16-15-17-11(2)10-14(19-15)18-12(3)13-5-8-20-9-6-13/h10,12-13H,4-9H2,1-3H3,(H2,16,17,18,19). The number of anilines is 2. The number of nitrogens with zero attached hydrogens (tertiary/aromatic N) is 2. The lowest BCUT2D eigenvalue weighted by Gasteiger charge is -2.28. The van der Waals surface area contributed by atoms with E-state index in [1.54, 1.807) is 0 Å². The zero-order chi connectivity index (χ0) is 14.4. The fraction of sp³-hybridized carbons (Fsp3) is 0.733. The summed E-state index contributed by atoms with van der Waals surface area (Å²) in [5.74, 6) is 2.29. The van der Waals surface area contributed by atoms with E-state index in [9.17, 15) is 0 Å². The molecule has 1 aliphatic rings. The molecule has 20 heavy (non-hydrogen) atoms. The molecule has 1 saturated heterocycles. The Hall–Kier alpha value is -1.36. The summed E-state index contributed by atoms with van der Waals surface area (Å²) in [7, 11) is 0. The Labute approximate surface area is 121 Å². The molecule has 1 unspecified atom stereocenters. The summed E-state index contributed by atoms with van der Waals surface area (Å²) in [4.78, 5) is 8.95. The van der Waals surface area contributed by atoms with E-state index in [1.807, 2.05) is 13.0 Å². The normalized spacial score (nSPS) is 17.8. The SMILES string of the molecule is CCCNc1nc(C)cc(NC(C)C2CCOCC2)n1. The molecule has 5 heteroatoms. The summed E-state index contributed by atoms with van der Waals surface area (Å²) >= 11 is 0. The quantitative estimate of drug-likeness (QED) is 0.838. The van der Waals surface area contributed by atoms with Crippen LogP contribution in [0.4, 0.5) is 11.8 Å². The molecular weight excluding hydrogens is 252 g/mol. The predicted octanol–water partition coefficient (Wildman–Crippen LogP) is 2.83. The summed E-state index contributed by atoms with van der Waals surface area (Å²) in [6, 6.07) is 2.42. The number of aryl methyl sites for hydroxylation is 1. The second kappa shape index (κ2) is 7.43. The van der Waals surface area contributed by atoms with Gasteiger partial charge in [-0.2, -0.15) is 4.98 Å². The number of hydrogen-bond acceptors (Lipinski definition) is 5. The van der Waals surface area contributed by atoms with E-state index in [4.69, 9.17) is 4.74 Å². The highest BCUT2D eigenvalue weighted by Crippen LogP contribution is 2.21. The van der Waals surface area contributed by atoms with Gasteiger partial charge in [0, 0.05) is 37.6 Å². The third-order valence-corrected chi connectivity index (χ3v) is 3.74. The summed E-state index contributed by atoms with van der Waals surface area (Å²) in [6.45, 7) is 9.02. The second-order valence-corrected chi connectivity index (χ2v) is 5.53. The van der Waals surface area contributed by atoms with E-state index in [0.717, 1.165) is 50.5 Å². The fourth-order valence-electron chi connectivity index (χ4n) is 2.53.